The molecule has 0 bridgehead atoms. The first kappa shape index (κ1) is 14.3. The van der Waals surface area contributed by atoms with Gasteiger partial charge in [0, 0.05) is 25.3 Å². The Morgan fingerprint density at radius 3 is 2.57 bits per heavy atom. The smallest absolute Gasteiger partial charge is 0.246 e. The Labute approximate surface area is 125 Å². The molecule has 0 spiro atoms. The van der Waals surface area contributed by atoms with Crippen LogP contribution in [0, 0.1) is 0 Å². The van der Waals surface area contributed by atoms with E-state index in [-0.39, 0.29) is 10.9 Å². The number of benzene rings is 1. The van der Waals surface area contributed by atoms with E-state index in [0.29, 0.717) is 13.1 Å². The topological polar surface area (TPSA) is 55.2 Å². The molecule has 3 rings (SSSR count). The van der Waals surface area contributed by atoms with Crippen LogP contribution in [0.2, 0.25) is 0 Å². The van der Waals surface area contributed by atoms with Crippen LogP contribution in [0.1, 0.15) is 31.0 Å². The molecule has 21 heavy (non-hydrogen) atoms. The number of sulfonamides is 1. The number of aromatic nitrogens is 2. The summed E-state index contributed by atoms with van der Waals surface area (Å²) in [4.78, 5) is 0.274. The van der Waals surface area contributed by atoms with E-state index in [1.807, 2.05) is 32.0 Å². The fraction of sp³-hybridized carbons (Fsp3) is 0.400. The molecule has 0 saturated heterocycles. The standard InChI is InChI=1S/C15H19N3O2S/c1-12(2)18-11-15(9-16-18)21(19,20)17-8-7-13-5-3-4-6-14(13)10-17/h3-6,9,11-12H,7-8,10H2,1-2H3. The molecule has 112 valence electrons. The lowest BCUT2D eigenvalue weighted by atomic mass is 10.0. The summed E-state index contributed by atoms with van der Waals surface area (Å²) >= 11 is 0. The van der Waals surface area contributed by atoms with Crippen molar-refractivity contribution in [1.29, 1.82) is 0 Å². The van der Waals surface area contributed by atoms with Crippen LogP contribution in [0.5, 0.6) is 0 Å². The average molecular weight is 305 g/mol. The van der Waals surface area contributed by atoms with E-state index in [4.69, 9.17) is 0 Å². The van der Waals surface area contributed by atoms with Gasteiger partial charge in [0.15, 0.2) is 0 Å². The van der Waals surface area contributed by atoms with Gasteiger partial charge in [0.05, 0.1) is 6.20 Å². The average Bonchev–Trinajstić information content (AvgIpc) is 2.97. The normalized spacial score (nSPS) is 16.1. The zero-order valence-electron chi connectivity index (χ0n) is 12.2. The van der Waals surface area contributed by atoms with Crippen LogP contribution in [0.4, 0.5) is 0 Å². The second-order valence-electron chi connectivity index (χ2n) is 5.61. The van der Waals surface area contributed by atoms with E-state index in [1.165, 1.54) is 16.1 Å². The summed E-state index contributed by atoms with van der Waals surface area (Å²) in [5.41, 5.74) is 2.32. The Morgan fingerprint density at radius 1 is 1.19 bits per heavy atom. The Hall–Kier alpha value is -1.66. The summed E-state index contributed by atoms with van der Waals surface area (Å²) in [6.45, 7) is 4.90. The second kappa shape index (κ2) is 5.27. The number of nitrogens with zero attached hydrogens (tertiary/aromatic N) is 3. The Bertz CT molecular complexity index is 750. The van der Waals surface area contributed by atoms with Crippen molar-refractivity contribution in [3.8, 4) is 0 Å². The monoisotopic (exact) mass is 305 g/mol. The molecule has 0 radical (unpaired) electrons. The summed E-state index contributed by atoms with van der Waals surface area (Å²) < 4.78 is 28.6. The van der Waals surface area contributed by atoms with Crippen LogP contribution in [0.15, 0.2) is 41.6 Å². The molecule has 0 amide bonds. The molecule has 0 N–H and O–H groups in total. The molecule has 2 heterocycles. The number of rotatable bonds is 3. The molecular formula is C15H19N3O2S. The predicted octanol–water partition coefficient (Wildman–Crippen LogP) is 2.21. The SMILES string of the molecule is CC(C)n1cc(S(=O)(=O)N2CCc3ccccc3C2)cn1. The molecule has 0 saturated carbocycles. The minimum absolute atomic E-state index is 0.149. The lowest BCUT2D eigenvalue weighted by Crippen LogP contribution is -2.35. The molecule has 0 unspecified atom stereocenters. The van der Waals surface area contributed by atoms with Gasteiger partial charge in [-0.1, -0.05) is 24.3 Å². The highest BCUT2D eigenvalue weighted by atomic mass is 32.2. The summed E-state index contributed by atoms with van der Waals surface area (Å²) in [6.07, 6.45) is 3.81. The Morgan fingerprint density at radius 2 is 1.90 bits per heavy atom. The maximum absolute atomic E-state index is 12.7. The minimum atomic E-state index is -3.47. The lowest BCUT2D eigenvalue weighted by molar-refractivity contribution is 0.391. The van der Waals surface area contributed by atoms with Crippen molar-refractivity contribution in [3.05, 3.63) is 47.8 Å². The summed E-state index contributed by atoms with van der Waals surface area (Å²) in [5.74, 6) is 0. The zero-order valence-corrected chi connectivity index (χ0v) is 13.0. The summed E-state index contributed by atoms with van der Waals surface area (Å²) in [7, 11) is -3.47. The lowest BCUT2D eigenvalue weighted by Gasteiger charge is -2.27. The molecule has 1 aromatic carbocycles. The van der Waals surface area contributed by atoms with Crippen molar-refractivity contribution in [3.63, 3.8) is 0 Å². The molecule has 5 nitrogen and oxygen atoms in total. The van der Waals surface area contributed by atoms with Gasteiger partial charge in [0.2, 0.25) is 10.0 Å². The summed E-state index contributed by atoms with van der Waals surface area (Å²) in [6, 6.07) is 8.16. The maximum Gasteiger partial charge on any atom is 0.246 e. The van der Waals surface area contributed by atoms with Gasteiger partial charge in [-0.05, 0) is 31.4 Å². The first-order chi connectivity index (χ1) is 9.98. The van der Waals surface area contributed by atoms with Crippen LogP contribution in [-0.4, -0.2) is 29.0 Å². The molecule has 0 aliphatic carbocycles. The van der Waals surface area contributed by atoms with E-state index in [0.717, 1.165) is 12.0 Å². The molecule has 6 heteroatoms. The fourth-order valence-electron chi connectivity index (χ4n) is 2.56. The highest BCUT2D eigenvalue weighted by Crippen LogP contribution is 2.24. The molecule has 0 atom stereocenters. The van der Waals surface area contributed by atoms with E-state index in [2.05, 4.69) is 11.2 Å². The van der Waals surface area contributed by atoms with Crippen molar-refractivity contribution in [2.24, 2.45) is 0 Å². The van der Waals surface area contributed by atoms with Crippen LogP contribution < -0.4 is 0 Å². The number of fused-ring (bicyclic) bond motifs is 1. The molecular weight excluding hydrogens is 286 g/mol. The van der Waals surface area contributed by atoms with Crippen molar-refractivity contribution in [2.75, 3.05) is 6.54 Å². The minimum Gasteiger partial charge on any atom is -0.269 e. The third kappa shape index (κ3) is 2.61. The van der Waals surface area contributed by atoms with Gasteiger partial charge in [0.1, 0.15) is 4.90 Å². The second-order valence-corrected chi connectivity index (χ2v) is 7.55. The molecule has 1 aliphatic heterocycles. The highest BCUT2D eigenvalue weighted by Gasteiger charge is 2.29. The first-order valence-electron chi connectivity index (χ1n) is 7.09. The van der Waals surface area contributed by atoms with E-state index < -0.39 is 10.0 Å². The molecule has 1 aromatic heterocycles. The number of hydrogen-bond donors (Lipinski definition) is 0. The van der Waals surface area contributed by atoms with Crippen molar-refractivity contribution in [2.45, 2.75) is 37.8 Å². The highest BCUT2D eigenvalue weighted by molar-refractivity contribution is 7.89. The van der Waals surface area contributed by atoms with Crippen molar-refractivity contribution >= 4 is 10.0 Å². The fourth-order valence-corrected chi connectivity index (χ4v) is 3.92. The molecule has 1 aliphatic rings. The third-order valence-electron chi connectivity index (χ3n) is 3.84. The Kier molecular flexibility index (Phi) is 3.59. The van der Waals surface area contributed by atoms with Gasteiger partial charge in [-0.3, -0.25) is 4.68 Å². The van der Waals surface area contributed by atoms with E-state index in [1.54, 1.807) is 10.9 Å². The Balaban J connectivity index is 1.89. The predicted molar refractivity (Wildman–Crippen MR) is 80.4 cm³/mol. The van der Waals surface area contributed by atoms with Crippen LogP contribution >= 0.6 is 0 Å². The quantitative estimate of drug-likeness (QED) is 0.873. The van der Waals surface area contributed by atoms with Crippen LogP contribution in [0.25, 0.3) is 0 Å². The third-order valence-corrected chi connectivity index (χ3v) is 5.64. The molecule has 0 fully saturated rings. The van der Waals surface area contributed by atoms with Crippen LogP contribution in [-0.2, 0) is 23.0 Å². The summed E-state index contributed by atoms with van der Waals surface area (Å²) in [5, 5.41) is 4.13. The number of hydrogen-bond acceptors (Lipinski definition) is 3. The first-order valence-corrected chi connectivity index (χ1v) is 8.53. The van der Waals surface area contributed by atoms with Gasteiger partial charge in [-0.15, -0.1) is 0 Å². The van der Waals surface area contributed by atoms with Gasteiger partial charge >= 0.3 is 0 Å². The van der Waals surface area contributed by atoms with Gasteiger partial charge in [-0.2, -0.15) is 9.40 Å². The zero-order chi connectivity index (χ0) is 15.0. The van der Waals surface area contributed by atoms with Gasteiger partial charge in [-0.25, -0.2) is 8.42 Å². The van der Waals surface area contributed by atoms with Crippen molar-refractivity contribution < 1.29 is 8.42 Å². The van der Waals surface area contributed by atoms with E-state index >= 15 is 0 Å². The molecule has 2 aromatic rings. The van der Waals surface area contributed by atoms with Crippen molar-refractivity contribution in [1.82, 2.24) is 14.1 Å². The van der Waals surface area contributed by atoms with Crippen LogP contribution in [0.3, 0.4) is 0 Å². The van der Waals surface area contributed by atoms with Gasteiger partial charge < -0.3 is 0 Å². The van der Waals surface area contributed by atoms with Gasteiger partial charge in [0.25, 0.3) is 0 Å². The van der Waals surface area contributed by atoms with E-state index in [9.17, 15) is 8.42 Å². The maximum atomic E-state index is 12.7. The largest absolute Gasteiger partial charge is 0.269 e.